The number of benzene rings is 1. The molecule has 1 amide bonds. The first-order valence-corrected chi connectivity index (χ1v) is 9.50. The molecule has 0 saturated heterocycles. The molecule has 32 heavy (non-hydrogen) atoms. The standard InChI is InChI=1S/C21H19N7O4/c1-26-16-17(27(2)21(31)28(3)19(16)30)24-20(26)32-15-8-4-6-13(10-15)11-23-25-18(29)14-7-5-9-22-12-14/h4-12H,1-3H3,(H,25,29). The summed E-state index contributed by atoms with van der Waals surface area (Å²) in [6, 6.07) is 10.4. The molecule has 0 spiro atoms. The van der Waals surface area contributed by atoms with Crippen LogP contribution in [0, 0.1) is 0 Å². The Morgan fingerprint density at radius 1 is 1.09 bits per heavy atom. The smallest absolute Gasteiger partial charge is 0.332 e. The third-order valence-electron chi connectivity index (χ3n) is 4.81. The third kappa shape index (κ3) is 3.78. The van der Waals surface area contributed by atoms with Crippen LogP contribution in [0.15, 0.2) is 63.5 Å². The largest absolute Gasteiger partial charge is 0.425 e. The second kappa shape index (κ2) is 8.30. The summed E-state index contributed by atoms with van der Waals surface area (Å²) < 4.78 is 9.65. The molecule has 11 nitrogen and oxygen atoms in total. The zero-order chi connectivity index (χ0) is 22.8. The fourth-order valence-electron chi connectivity index (χ4n) is 3.08. The maximum atomic E-state index is 12.5. The number of hydrogen-bond donors (Lipinski definition) is 1. The Bertz CT molecular complexity index is 1470. The number of nitrogens with zero attached hydrogens (tertiary/aromatic N) is 6. The van der Waals surface area contributed by atoms with Gasteiger partial charge in [0, 0.05) is 33.5 Å². The molecule has 0 bridgehead atoms. The Morgan fingerprint density at radius 2 is 1.91 bits per heavy atom. The van der Waals surface area contributed by atoms with Gasteiger partial charge in [0.2, 0.25) is 0 Å². The second-order valence-corrected chi connectivity index (χ2v) is 6.95. The summed E-state index contributed by atoms with van der Waals surface area (Å²) in [5, 5.41) is 3.95. The van der Waals surface area contributed by atoms with Gasteiger partial charge in [-0.25, -0.2) is 10.2 Å². The lowest BCUT2D eigenvalue weighted by Crippen LogP contribution is -2.37. The SMILES string of the molecule is Cn1c(=O)c2c(nc(Oc3cccc(C=NNC(=O)c4cccnc4)c3)n2C)n(C)c1=O. The number of fused-ring (bicyclic) bond motifs is 1. The van der Waals surface area contributed by atoms with Gasteiger partial charge >= 0.3 is 11.7 Å². The number of carbonyl (C=O) groups is 1. The Hall–Kier alpha value is -4.54. The predicted octanol–water partition coefficient (Wildman–Crippen LogP) is 0.922. The van der Waals surface area contributed by atoms with Gasteiger partial charge in [-0.1, -0.05) is 12.1 Å². The van der Waals surface area contributed by atoms with Gasteiger partial charge in [-0.2, -0.15) is 10.1 Å². The summed E-state index contributed by atoms with van der Waals surface area (Å²) in [5.41, 5.74) is 3.03. The number of rotatable bonds is 5. The van der Waals surface area contributed by atoms with Crippen molar-refractivity contribution in [2.75, 3.05) is 0 Å². The van der Waals surface area contributed by atoms with Crippen LogP contribution in [0.5, 0.6) is 11.8 Å². The molecule has 0 radical (unpaired) electrons. The summed E-state index contributed by atoms with van der Waals surface area (Å²) in [6.45, 7) is 0. The normalized spacial score (nSPS) is 11.2. The van der Waals surface area contributed by atoms with Gasteiger partial charge in [-0.3, -0.25) is 28.3 Å². The van der Waals surface area contributed by atoms with Crippen LogP contribution in [-0.4, -0.2) is 35.8 Å². The van der Waals surface area contributed by atoms with Crippen LogP contribution in [0.3, 0.4) is 0 Å². The summed E-state index contributed by atoms with van der Waals surface area (Å²) in [6.07, 6.45) is 4.49. The lowest BCUT2D eigenvalue weighted by molar-refractivity contribution is 0.0955. The number of hydrogen-bond acceptors (Lipinski definition) is 7. The molecule has 4 aromatic rings. The molecule has 1 aromatic carbocycles. The minimum Gasteiger partial charge on any atom is -0.425 e. The highest BCUT2D eigenvalue weighted by Crippen LogP contribution is 2.23. The Labute approximate surface area is 181 Å². The van der Waals surface area contributed by atoms with E-state index in [2.05, 4.69) is 20.5 Å². The van der Waals surface area contributed by atoms with Crippen molar-refractivity contribution in [2.24, 2.45) is 26.2 Å². The van der Waals surface area contributed by atoms with E-state index in [0.717, 1.165) is 4.57 Å². The van der Waals surface area contributed by atoms with E-state index in [9.17, 15) is 14.4 Å². The van der Waals surface area contributed by atoms with Crippen molar-refractivity contribution in [3.63, 3.8) is 0 Å². The number of pyridine rings is 1. The van der Waals surface area contributed by atoms with Gasteiger partial charge in [-0.05, 0) is 29.8 Å². The predicted molar refractivity (Wildman–Crippen MR) is 117 cm³/mol. The lowest BCUT2D eigenvalue weighted by Gasteiger charge is -2.06. The van der Waals surface area contributed by atoms with E-state index in [1.165, 1.54) is 35.6 Å². The molecular formula is C21H19N7O4. The number of aromatic nitrogens is 5. The van der Waals surface area contributed by atoms with Crippen molar-refractivity contribution in [1.82, 2.24) is 29.1 Å². The fourth-order valence-corrected chi connectivity index (χ4v) is 3.08. The van der Waals surface area contributed by atoms with Gasteiger partial charge in [0.1, 0.15) is 5.75 Å². The minimum absolute atomic E-state index is 0.150. The van der Waals surface area contributed by atoms with E-state index in [1.54, 1.807) is 49.6 Å². The van der Waals surface area contributed by atoms with Crippen molar-refractivity contribution in [3.8, 4) is 11.8 Å². The van der Waals surface area contributed by atoms with Crippen molar-refractivity contribution in [3.05, 3.63) is 80.8 Å². The van der Waals surface area contributed by atoms with Crippen molar-refractivity contribution < 1.29 is 9.53 Å². The highest BCUT2D eigenvalue weighted by molar-refractivity contribution is 5.94. The Balaban J connectivity index is 1.56. The molecule has 1 N–H and O–H groups in total. The Kier molecular flexibility index (Phi) is 5.37. The highest BCUT2D eigenvalue weighted by atomic mass is 16.5. The maximum Gasteiger partial charge on any atom is 0.332 e. The molecule has 0 aliphatic rings. The van der Waals surface area contributed by atoms with Crippen LogP contribution in [0.25, 0.3) is 11.2 Å². The summed E-state index contributed by atoms with van der Waals surface area (Å²) in [7, 11) is 4.58. The summed E-state index contributed by atoms with van der Waals surface area (Å²) in [4.78, 5) is 44.9. The maximum absolute atomic E-state index is 12.5. The molecular weight excluding hydrogens is 414 g/mol. The van der Waals surface area contributed by atoms with E-state index >= 15 is 0 Å². The number of amides is 1. The topological polar surface area (TPSA) is 125 Å². The van der Waals surface area contributed by atoms with Gasteiger partial charge in [0.15, 0.2) is 11.2 Å². The molecule has 3 aromatic heterocycles. The number of aryl methyl sites for hydroxylation is 2. The first-order chi connectivity index (χ1) is 15.4. The zero-order valence-electron chi connectivity index (χ0n) is 17.5. The molecule has 0 aliphatic carbocycles. The second-order valence-electron chi connectivity index (χ2n) is 6.95. The van der Waals surface area contributed by atoms with Crippen LogP contribution in [-0.2, 0) is 21.1 Å². The summed E-state index contributed by atoms with van der Waals surface area (Å²) >= 11 is 0. The number of imidazole rings is 1. The molecule has 0 saturated carbocycles. The van der Waals surface area contributed by atoms with Crippen LogP contribution in [0.1, 0.15) is 15.9 Å². The molecule has 0 atom stereocenters. The molecule has 0 aliphatic heterocycles. The first kappa shape index (κ1) is 20.7. The average Bonchev–Trinajstić information content (AvgIpc) is 3.13. The van der Waals surface area contributed by atoms with E-state index in [-0.39, 0.29) is 23.1 Å². The molecule has 162 valence electrons. The number of nitrogens with one attached hydrogen (secondary N) is 1. The minimum atomic E-state index is -0.473. The quantitative estimate of drug-likeness (QED) is 0.369. The third-order valence-corrected chi connectivity index (χ3v) is 4.81. The van der Waals surface area contributed by atoms with E-state index in [0.29, 0.717) is 16.9 Å². The molecule has 3 heterocycles. The van der Waals surface area contributed by atoms with E-state index in [4.69, 9.17) is 4.74 Å². The van der Waals surface area contributed by atoms with Gasteiger partial charge in [0.05, 0.1) is 11.8 Å². The molecule has 0 unspecified atom stereocenters. The fraction of sp³-hybridized carbons (Fsp3) is 0.143. The highest BCUT2D eigenvalue weighted by Gasteiger charge is 2.18. The van der Waals surface area contributed by atoms with Crippen LogP contribution < -0.4 is 21.4 Å². The van der Waals surface area contributed by atoms with Crippen molar-refractivity contribution in [2.45, 2.75) is 0 Å². The number of carbonyl (C=O) groups excluding carboxylic acids is 1. The lowest BCUT2D eigenvalue weighted by atomic mass is 10.2. The first-order valence-electron chi connectivity index (χ1n) is 9.50. The van der Waals surface area contributed by atoms with Gasteiger partial charge in [0.25, 0.3) is 11.5 Å². The van der Waals surface area contributed by atoms with Gasteiger partial charge in [-0.15, -0.1) is 0 Å². The molecule has 11 heteroatoms. The van der Waals surface area contributed by atoms with Crippen molar-refractivity contribution >= 4 is 23.3 Å². The van der Waals surface area contributed by atoms with E-state index in [1.807, 2.05) is 0 Å². The zero-order valence-corrected chi connectivity index (χ0v) is 17.5. The summed E-state index contributed by atoms with van der Waals surface area (Å²) in [5.74, 6) is 0.0569. The van der Waals surface area contributed by atoms with Gasteiger partial charge < -0.3 is 4.74 Å². The number of hydrazone groups is 1. The van der Waals surface area contributed by atoms with Crippen LogP contribution in [0.4, 0.5) is 0 Å². The average molecular weight is 433 g/mol. The van der Waals surface area contributed by atoms with Crippen LogP contribution in [0.2, 0.25) is 0 Å². The monoisotopic (exact) mass is 433 g/mol. The molecule has 4 rings (SSSR count). The molecule has 0 fully saturated rings. The van der Waals surface area contributed by atoms with Crippen molar-refractivity contribution in [1.29, 1.82) is 0 Å². The van der Waals surface area contributed by atoms with E-state index < -0.39 is 11.2 Å². The Morgan fingerprint density at radius 3 is 2.66 bits per heavy atom. The van der Waals surface area contributed by atoms with Crippen LogP contribution >= 0.6 is 0 Å². The number of ether oxygens (including phenoxy) is 1.